The van der Waals surface area contributed by atoms with Crippen molar-refractivity contribution in [2.45, 2.75) is 20.0 Å². The number of aromatic amines is 1. The Kier molecular flexibility index (Phi) is 2.83. The molecule has 2 aromatic rings. The summed E-state index contributed by atoms with van der Waals surface area (Å²) in [4.78, 5) is 18.6. The lowest BCUT2D eigenvalue weighted by Crippen LogP contribution is -2.11. The van der Waals surface area contributed by atoms with Gasteiger partial charge in [-0.05, 0) is 13.8 Å². The first-order valence-electron chi connectivity index (χ1n) is 4.91. The average molecular weight is 239 g/mol. The summed E-state index contributed by atoms with van der Waals surface area (Å²) >= 11 is 5.93. The first kappa shape index (κ1) is 11.0. The van der Waals surface area contributed by atoms with E-state index in [4.69, 9.17) is 16.3 Å². The zero-order chi connectivity index (χ0) is 11.7. The van der Waals surface area contributed by atoms with Crippen molar-refractivity contribution in [3.8, 4) is 0 Å². The van der Waals surface area contributed by atoms with Crippen LogP contribution in [0.15, 0.2) is 18.6 Å². The van der Waals surface area contributed by atoms with Crippen LogP contribution in [0.5, 0.6) is 0 Å². The van der Waals surface area contributed by atoms with E-state index in [1.54, 1.807) is 26.2 Å². The molecule has 0 saturated heterocycles. The van der Waals surface area contributed by atoms with Crippen molar-refractivity contribution in [2.24, 2.45) is 0 Å². The van der Waals surface area contributed by atoms with Gasteiger partial charge in [0.1, 0.15) is 0 Å². The van der Waals surface area contributed by atoms with Crippen molar-refractivity contribution < 1.29 is 9.53 Å². The maximum atomic E-state index is 11.7. The van der Waals surface area contributed by atoms with Gasteiger partial charge in [0.05, 0.1) is 22.2 Å². The van der Waals surface area contributed by atoms with E-state index < -0.39 is 0 Å². The number of hydrogen-bond acceptors (Lipinski definition) is 3. The van der Waals surface area contributed by atoms with Gasteiger partial charge in [-0.1, -0.05) is 11.6 Å². The SMILES string of the molecule is CC(C)OC(=O)c1c[nH]c2c(Cl)cncc12. The average Bonchev–Trinajstić information content (AvgIpc) is 2.61. The third kappa shape index (κ3) is 1.88. The molecule has 4 nitrogen and oxygen atoms in total. The second-order valence-electron chi connectivity index (χ2n) is 3.70. The van der Waals surface area contributed by atoms with E-state index in [1.807, 2.05) is 0 Å². The molecule has 0 fully saturated rings. The van der Waals surface area contributed by atoms with Crippen molar-refractivity contribution in [3.63, 3.8) is 0 Å². The Morgan fingerprint density at radius 1 is 1.50 bits per heavy atom. The van der Waals surface area contributed by atoms with Crippen LogP contribution >= 0.6 is 11.6 Å². The van der Waals surface area contributed by atoms with E-state index in [9.17, 15) is 4.79 Å². The summed E-state index contributed by atoms with van der Waals surface area (Å²) in [5.74, 6) is -0.370. The number of ether oxygens (including phenoxy) is 1. The molecule has 0 spiro atoms. The van der Waals surface area contributed by atoms with Crippen molar-refractivity contribution in [2.75, 3.05) is 0 Å². The summed E-state index contributed by atoms with van der Waals surface area (Å²) in [6.07, 6.45) is 4.56. The van der Waals surface area contributed by atoms with Crippen LogP contribution in [0.3, 0.4) is 0 Å². The van der Waals surface area contributed by atoms with Gasteiger partial charge in [-0.3, -0.25) is 4.98 Å². The molecule has 1 N–H and O–H groups in total. The molecule has 5 heteroatoms. The minimum absolute atomic E-state index is 0.149. The van der Waals surface area contributed by atoms with Gasteiger partial charge in [0.2, 0.25) is 0 Å². The van der Waals surface area contributed by atoms with Gasteiger partial charge >= 0.3 is 5.97 Å². The fraction of sp³-hybridized carbons (Fsp3) is 0.273. The number of hydrogen-bond donors (Lipinski definition) is 1. The Balaban J connectivity index is 2.46. The number of H-pyrrole nitrogens is 1. The number of nitrogens with one attached hydrogen (secondary N) is 1. The Morgan fingerprint density at radius 2 is 2.25 bits per heavy atom. The normalized spacial score (nSPS) is 11.0. The quantitative estimate of drug-likeness (QED) is 0.819. The molecular formula is C11H11ClN2O2. The van der Waals surface area contributed by atoms with E-state index in [1.165, 1.54) is 6.20 Å². The number of nitrogens with zero attached hydrogens (tertiary/aromatic N) is 1. The molecular weight excluding hydrogens is 228 g/mol. The third-order valence-electron chi connectivity index (χ3n) is 2.11. The Morgan fingerprint density at radius 3 is 2.94 bits per heavy atom. The summed E-state index contributed by atoms with van der Waals surface area (Å²) in [5, 5.41) is 1.17. The van der Waals surface area contributed by atoms with Crippen LogP contribution in [-0.4, -0.2) is 22.0 Å². The van der Waals surface area contributed by atoms with Crippen LogP contribution in [0.2, 0.25) is 5.02 Å². The lowest BCUT2D eigenvalue weighted by molar-refractivity contribution is 0.0380. The largest absolute Gasteiger partial charge is 0.459 e. The molecule has 0 saturated carbocycles. The van der Waals surface area contributed by atoms with E-state index in [0.717, 1.165) is 0 Å². The number of carbonyl (C=O) groups excluding carboxylic acids is 1. The highest BCUT2D eigenvalue weighted by molar-refractivity contribution is 6.35. The monoisotopic (exact) mass is 238 g/mol. The molecule has 2 heterocycles. The van der Waals surface area contributed by atoms with Crippen molar-refractivity contribution >= 4 is 28.5 Å². The maximum Gasteiger partial charge on any atom is 0.340 e. The van der Waals surface area contributed by atoms with Crippen LogP contribution in [0.25, 0.3) is 10.9 Å². The van der Waals surface area contributed by atoms with E-state index in [-0.39, 0.29) is 12.1 Å². The zero-order valence-corrected chi connectivity index (χ0v) is 9.71. The lowest BCUT2D eigenvalue weighted by atomic mass is 10.2. The highest BCUT2D eigenvalue weighted by Gasteiger charge is 2.15. The highest BCUT2D eigenvalue weighted by Crippen LogP contribution is 2.24. The minimum Gasteiger partial charge on any atom is -0.459 e. The van der Waals surface area contributed by atoms with Gasteiger partial charge in [0.25, 0.3) is 0 Å². The fourth-order valence-electron chi connectivity index (χ4n) is 1.45. The number of aromatic nitrogens is 2. The minimum atomic E-state index is -0.370. The molecule has 0 radical (unpaired) electrons. The number of pyridine rings is 1. The van der Waals surface area contributed by atoms with E-state index in [0.29, 0.717) is 21.5 Å². The summed E-state index contributed by atoms with van der Waals surface area (Å²) in [6, 6.07) is 0. The summed E-state index contributed by atoms with van der Waals surface area (Å²) in [5.41, 5.74) is 1.16. The number of carbonyl (C=O) groups is 1. The molecule has 0 aromatic carbocycles. The predicted octanol–water partition coefficient (Wildman–Crippen LogP) is 2.78. The Labute approximate surface area is 97.6 Å². The van der Waals surface area contributed by atoms with Gasteiger partial charge in [-0.25, -0.2) is 4.79 Å². The molecule has 0 amide bonds. The standard InChI is InChI=1S/C11H11ClN2O2/c1-6(2)16-11(15)8-4-14-10-7(8)3-13-5-9(10)12/h3-6,14H,1-2H3. The first-order valence-corrected chi connectivity index (χ1v) is 5.29. The fourth-order valence-corrected chi connectivity index (χ4v) is 1.67. The van der Waals surface area contributed by atoms with Crippen LogP contribution in [0, 0.1) is 0 Å². The van der Waals surface area contributed by atoms with Gasteiger partial charge in [0.15, 0.2) is 0 Å². The number of rotatable bonds is 2. The zero-order valence-electron chi connectivity index (χ0n) is 8.95. The second kappa shape index (κ2) is 4.14. The van der Waals surface area contributed by atoms with Crippen LogP contribution in [0.4, 0.5) is 0 Å². The number of halogens is 1. The topological polar surface area (TPSA) is 55.0 Å². The van der Waals surface area contributed by atoms with Crippen molar-refractivity contribution in [1.82, 2.24) is 9.97 Å². The maximum absolute atomic E-state index is 11.7. The first-order chi connectivity index (χ1) is 7.59. The summed E-state index contributed by atoms with van der Waals surface area (Å²) < 4.78 is 5.11. The molecule has 0 aliphatic carbocycles. The summed E-state index contributed by atoms with van der Waals surface area (Å²) in [7, 11) is 0. The van der Waals surface area contributed by atoms with E-state index >= 15 is 0 Å². The second-order valence-corrected chi connectivity index (χ2v) is 4.11. The Hall–Kier alpha value is -1.55. The molecule has 0 unspecified atom stereocenters. The van der Waals surface area contributed by atoms with Gasteiger partial charge in [-0.2, -0.15) is 0 Å². The van der Waals surface area contributed by atoms with Crippen molar-refractivity contribution in [1.29, 1.82) is 0 Å². The van der Waals surface area contributed by atoms with Crippen LogP contribution < -0.4 is 0 Å². The molecule has 16 heavy (non-hydrogen) atoms. The van der Waals surface area contributed by atoms with E-state index in [2.05, 4.69) is 9.97 Å². The number of esters is 1. The smallest absolute Gasteiger partial charge is 0.340 e. The van der Waals surface area contributed by atoms with Crippen LogP contribution in [0.1, 0.15) is 24.2 Å². The molecule has 0 bridgehead atoms. The van der Waals surface area contributed by atoms with Gasteiger partial charge < -0.3 is 9.72 Å². The van der Waals surface area contributed by atoms with Gasteiger partial charge in [-0.15, -0.1) is 0 Å². The molecule has 0 atom stereocenters. The summed E-state index contributed by atoms with van der Waals surface area (Å²) in [6.45, 7) is 3.61. The molecule has 84 valence electrons. The molecule has 2 aromatic heterocycles. The molecule has 0 aliphatic rings. The predicted molar refractivity (Wildman–Crippen MR) is 61.7 cm³/mol. The van der Waals surface area contributed by atoms with Crippen LogP contribution in [-0.2, 0) is 4.74 Å². The molecule has 0 aliphatic heterocycles. The lowest BCUT2D eigenvalue weighted by Gasteiger charge is -2.06. The Bertz CT molecular complexity index is 534. The third-order valence-corrected chi connectivity index (χ3v) is 2.40. The number of fused-ring (bicyclic) bond motifs is 1. The molecule has 2 rings (SSSR count). The van der Waals surface area contributed by atoms with Gasteiger partial charge in [0, 0.05) is 24.0 Å². The highest BCUT2D eigenvalue weighted by atomic mass is 35.5. The van der Waals surface area contributed by atoms with Crippen molar-refractivity contribution in [3.05, 3.63) is 29.2 Å².